The van der Waals surface area contributed by atoms with Crippen LogP contribution in [0, 0.1) is 5.82 Å². The number of methoxy groups -OCH3 is 2. The molecule has 15 heavy (non-hydrogen) atoms. The second-order valence-corrected chi connectivity index (χ2v) is 3.45. The molecule has 0 amide bonds. The Kier molecular flexibility index (Phi) is 3.91. The third kappa shape index (κ3) is 2.59. The molecule has 1 aromatic rings. The maximum absolute atomic E-state index is 13.3. The van der Waals surface area contributed by atoms with Crippen molar-refractivity contribution in [1.29, 1.82) is 0 Å². The summed E-state index contributed by atoms with van der Waals surface area (Å²) in [5.74, 6) is 0.133. The van der Waals surface area contributed by atoms with Gasteiger partial charge in [-0.1, -0.05) is 6.07 Å². The zero-order valence-corrected chi connectivity index (χ0v) is 9.21. The van der Waals surface area contributed by atoms with Crippen LogP contribution in [0.1, 0.15) is 12.5 Å². The molecule has 0 saturated heterocycles. The number of hydrogen-bond donors (Lipinski definition) is 1. The van der Waals surface area contributed by atoms with Gasteiger partial charge in [0.15, 0.2) is 17.3 Å². The molecule has 0 aliphatic heterocycles. The summed E-state index contributed by atoms with van der Waals surface area (Å²) in [4.78, 5) is 0. The molecule has 1 aromatic carbocycles. The zero-order chi connectivity index (χ0) is 11.4. The Bertz CT molecular complexity index is 340. The molecular weight excluding hydrogens is 197 g/mol. The number of hydrogen-bond acceptors (Lipinski definition) is 3. The van der Waals surface area contributed by atoms with Crippen molar-refractivity contribution >= 4 is 0 Å². The predicted molar refractivity (Wildman–Crippen MR) is 56.9 cm³/mol. The highest BCUT2D eigenvalue weighted by molar-refractivity contribution is 5.47. The van der Waals surface area contributed by atoms with Crippen molar-refractivity contribution in [3.8, 4) is 11.5 Å². The van der Waals surface area contributed by atoms with Crippen LogP contribution in [0.4, 0.5) is 4.39 Å². The number of benzene rings is 1. The molecule has 3 nitrogen and oxygen atoms in total. The molecule has 0 spiro atoms. The predicted octanol–water partition coefficient (Wildman–Crippen LogP) is 1.73. The van der Waals surface area contributed by atoms with Gasteiger partial charge in [0, 0.05) is 6.04 Å². The third-order valence-corrected chi connectivity index (χ3v) is 2.10. The van der Waals surface area contributed by atoms with E-state index in [-0.39, 0.29) is 11.8 Å². The van der Waals surface area contributed by atoms with E-state index in [9.17, 15) is 4.39 Å². The van der Waals surface area contributed by atoms with Crippen molar-refractivity contribution in [3.63, 3.8) is 0 Å². The van der Waals surface area contributed by atoms with Crippen LogP contribution in [-0.2, 0) is 6.42 Å². The summed E-state index contributed by atoms with van der Waals surface area (Å²) in [6, 6.07) is 3.02. The van der Waals surface area contributed by atoms with Crippen LogP contribution in [0.2, 0.25) is 0 Å². The van der Waals surface area contributed by atoms with E-state index < -0.39 is 5.82 Å². The van der Waals surface area contributed by atoms with Crippen molar-refractivity contribution in [3.05, 3.63) is 23.5 Å². The molecule has 84 valence electrons. The Morgan fingerprint density at radius 3 is 2.33 bits per heavy atom. The molecule has 0 radical (unpaired) electrons. The van der Waals surface area contributed by atoms with E-state index in [4.69, 9.17) is 15.2 Å². The average molecular weight is 213 g/mol. The molecule has 0 aromatic heterocycles. The second kappa shape index (κ2) is 4.98. The molecule has 4 heteroatoms. The summed E-state index contributed by atoms with van der Waals surface area (Å²) in [5, 5.41) is 0. The van der Waals surface area contributed by atoms with Gasteiger partial charge in [0.2, 0.25) is 0 Å². The van der Waals surface area contributed by atoms with Gasteiger partial charge in [0.25, 0.3) is 0 Å². The van der Waals surface area contributed by atoms with E-state index in [1.165, 1.54) is 20.3 Å². The lowest BCUT2D eigenvalue weighted by atomic mass is 10.1. The molecule has 1 atom stereocenters. The summed E-state index contributed by atoms with van der Waals surface area (Å²) < 4.78 is 23.4. The first-order chi connectivity index (χ1) is 7.10. The minimum absolute atomic E-state index is 0.00549. The van der Waals surface area contributed by atoms with E-state index in [0.717, 1.165) is 5.56 Å². The fourth-order valence-electron chi connectivity index (χ4n) is 1.50. The molecule has 0 aliphatic carbocycles. The van der Waals surface area contributed by atoms with Gasteiger partial charge in [-0.05, 0) is 25.0 Å². The standard InChI is InChI=1S/C11H16FNO2/c1-7(13)6-8-4-5-9(12)11(15-3)10(8)14-2/h4-5,7H,6,13H2,1-3H3. The molecule has 2 N–H and O–H groups in total. The van der Waals surface area contributed by atoms with Crippen LogP contribution in [-0.4, -0.2) is 20.3 Å². The van der Waals surface area contributed by atoms with Crippen LogP contribution in [0.3, 0.4) is 0 Å². The normalized spacial score (nSPS) is 12.3. The van der Waals surface area contributed by atoms with Crippen LogP contribution in [0.25, 0.3) is 0 Å². The molecule has 1 unspecified atom stereocenters. The van der Waals surface area contributed by atoms with Crippen LogP contribution in [0.15, 0.2) is 12.1 Å². The van der Waals surface area contributed by atoms with E-state index >= 15 is 0 Å². The minimum Gasteiger partial charge on any atom is -0.492 e. The van der Waals surface area contributed by atoms with Gasteiger partial charge >= 0.3 is 0 Å². The van der Waals surface area contributed by atoms with E-state index in [0.29, 0.717) is 12.2 Å². The van der Waals surface area contributed by atoms with Gasteiger partial charge in [-0.25, -0.2) is 4.39 Å². The quantitative estimate of drug-likeness (QED) is 0.828. The van der Waals surface area contributed by atoms with Gasteiger partial charge in [-0.3, -0.25) is 0 Å². The molecule has 0 saturated carbocycles. The minimum atomic E-state index is -0.428. The topological polar surface area (TPSA) is 44.5 Å². The average Bonchev–Trinajstić information content (AvgIpc) is 2.19. The monoisotopic (exact) mass is 213 g/mol. The Hall–Kier alpha value is -1.29. The van der Waals surface area contributed by atoms with Crippen LogP contribution >= 0.6 is 0 Å². The van der Waals surface area contributed by atoms with E-state index in [1.54, 1.807) is 6.07 Å². The first kappa shape index (κ1) is 11.8. The summed E-state index contributed by atoms with van der Waals surface area (Å²) in [6.45, 7) is 1.88. The van der Waals surface area contributed by atoms with Gasteiger partial charge in [0.1, 0.15) is 0 Å². The maximum Gasteiger partial charge on any atom is 0.197 e. The van der Waals surface area contributed by atoms with Crippen molar-refractivity contribution in [2.24, 2.45) is 5.73 Å². The molecular formula is C11H16FNO2. The fourth-order valence-corrected chi connectivity index (χ4v) is 1.50. The SMILES string of the molecule is COc1c(F)ccc(CC(C)N)c1OC. The van der Waals surface area contributed by atoms with Crippen molar-refractivity contribution in [1.82, 2.24) is 0 Å². The fraction of sp³-hybridized carbons (Fsp3) is 0.455. The van der Waals surface area contributed by atoms with Gasteiger partial charge in [-0.2, -0.15) is 0 Å². The summed E-state index contributed by atoms with van der Waals surface area (Å²) in [5.41, 5.74) is 6.54. The van der Waals surface area contributed by atoms with Crippen molar-refractivity contribution in [2.75, 3.05) is 14.2 Å². The van der Waals surface area contributed by atoms with Crippen molar-refractivity contribution in [2.45, 2.75) is 19.4 Å². The van der Waals surface area contributed by atoms with Crippen molar-refractivity contribution < 1.29 is 13.9 Å². The Balaban J connectivity index is 3.16. The van der Waals surface area contributed by atoms with Crippen LogP contribution < -0.4 is 15.2 Å². The summed E-state index contributed by atoms with van der Waals surface area (Å²) in [6.07, 6.45) is 0.625. The Labute approximate surface area is 89.0 Å². The number of ether oxygens (including phenoxy) is 2. The zero-order valence-electron chi connectivity index (χ0n) is 9.21. The molecule has 1 rings (SSSR count). The molecule has 0 aliphatic rings. The highest BCUT2D eigenvalue weighted by Crippen LogP contribution is 2.34. The first-order valence-electron chi connectivity index (χ1n) is 4.75. The number of rotatable bonds is 4. The second-order valence-electron chi connectivity index (χ2n) is 3.45. The largest absolute Gasteiger partial charge is 0.492 e. The highest BCUT2D eigenvalue weighted by Gasteiger charge is 2.15. The Morgan fingerprint density at radius 2 is 1.87 bits per heavy atom. The molecule has 0 bridgehead atoms. The smallest absolute Gasteiger partial charge is 0.197 e. The van der Waals surface area contributed by atoms with E-state index in [1.807, 2.05) is 6.92 Å². The van der Waals surface area contributed by atoms with Gasteiger partial charge in [-0.15, -0.1) is 0 Å². The van der Waals surface area contributed by atoms with E-state index in [2.05, 4.69) is 0 Å². The first-order valence-corrected chi connectivity index (χ1v) is 4.75. The number of nitrogens with two attached hydrogens (primary N) is 1. The lowest BCUT2D eigenvalue weighted by molar-refractivity contribution is 0.334. The summed E-state index contributed by atoms with van der Waals surface area (Å²) >= 11 is 0. The summed E-state index contributed by atoms with van der Waals surface area (Å²) in [7, 11) is 2.90. The third-order valence-electron chi connectivity index (χ3n) is 2.10. The highest BCUT2D eigenvalue weighted by atomic mass is 19.1. The van der Waals surface area contributed by atoms with Gasteiger partial charge in [0.05, 0.1) is 14.2 Å². The molecule has 0 heterocycles. The lowest BCUT2D eigenvalue weighted by Crippen LogP contribution is -2.18. The molecule has 0 fully saturated rings. The lowest BCUT2D eigenvalue weighted by Gasteiger charge is -2.14. The Morgan fingerprint density at radius 1 is 1.27 bits per heavy atom. The maximum atomic E-state index is 13.3. The van der Waals surface area contributed by atoms with Crippen LogP contribution in [0.5, 0.6) is 11.5 Å². The van der Waals surface area contributed by atoms with Gasteiger partial charge < -0.3 is 15.2 Å². The number of halogens is 1.